The van der Waals surface area contributed by atoms with Gasteiger partial charge >= 0.3 is 0 Å². The summed E-state index contributed by atoms with van der Waals surface area (Å²) in [4.78, 5) is 3.05. The summed E-state index contributed by atoms with van der Waals surface area (Å²) < 4.78 is 16.5. The number of aromatic amines is 1. The molecule has 7 heteroatoms. The third-order valence-electron chi connectivity index (χ3n) is 2.83. The van der Waals surface area contributed by atoms with Crippen molar-refractivity contribution in [2.24, 2.45) is 0 Å². The third kappa shape index (κ3) is 2.47. The molecule has 0 saturated carbocycles. The molecule has 1 N–H and O–H groups in total. The van der Waals surface area contributed by atoms with Gasteiger partial charge in [0.2, 0.25) is 0 Å². The van der Waals surface area contributed by atoms with Gasteiger partial charge in [-0.25, -0.2) is 4.39 Å². The average molecular weight is 439 g/mol. The molecule has 0 atom stereocenters. The Morgan fingerprint density at radius 1 is 1.10 bits per heavy atom. The first-order chi connectivity index (χ1) is 9.45. The molecule has 0 aliphatic heterocycles. The lowest BCUT2D eigenvalue weighted by molar-refractivity contribution is 0.622. The highest BCUT2D eigenvalue weighted by Crippen LogP contribution is 2.27. The summed E-state index contributed by atoms with van der Waals surface area (Å²) in [7, 11) is 0. The second-order valence-corrected chi connectivity index (χ2v) is 6.60. The smallest absolute Gasteiger partial charge is 0.182 e. The zero-order valence-electron chi connectivity index (χ0n) is 9.75. The van der Waals surface area contributed by atoms with E-state index in [-0.39, 0.29) is 5.82 Å². The topological polar surface area (TPSA) is 20.7 Å². The van der Waals surface area contributed by atoms with Gasteiger partial charge in [0, 0.05) is 16.1 Å². The number of benzene rings is 2. The maximum Gasteiger partial charge on any atom is 0.182 e. The minimum Gasteiger partial charge on any atom is -0.330 e. The fourth-order valence-electron chi connectivity index (χ4n) is 2.03. The van der Waals surface area contributed by atoms with E-state index >= 15 is 0 Å². The molecule has 1 aromatic heterocycles. The Morgan fingerprint density at radius 3 is 2.40 bits per heavy atom. The van der Waals surface area contributed by atoms with Crippen molar-refractivity contribution >= 4 is 69.0 Å². The molecule has 0 unspecified atom stereocenters. The van der Waals surface area contributed by atoms with Crippen LogP contribution >= 0.6 is 58.0 Å². The summed E-state index contributed by atoms with van der Waals surface area (Å²) in [6, 6.07) is 8.25. The lowest BCUT2D eigenvalue weighted by Gasteiger charge is -2.06. The average Bonchev–Trinajstić information content (AvgIpc) is 2.64. The van der Waals surface area contributed by atoms with Crippen molar-refractivity contribution in [1.29, 1.82) is 0 Å². The van der Waals surface area contributed by atoms with E-state index in [0.29, 0.717) is 29.6 Å². The summed E-state index contributed by atoms with van der Waals surface area (Å²) in [6.45, 7) is 0. The summed E-state index contributed by atoms with van der Waals surface area (Å²) in [5.41, 5.74) is 2.10. The van der Waals surface area contributed by atoms with Gasteiger partial charge in [0.15, 0.2) is 4.77 Å². The van der Waals surface area contributed by atoms with Gasteiger partial charge in [-0.1, -0.05) is 23.2 Å². The van der Waals surface area contributed by atoms with Gasteiger partial charge < -0.3 is 4.98 Å². The molecule has 0 amide bonds. The molecule has 20 heavy (non-hydrogen) atoms. The van der Waals surface area contributed by atoms with E-state index in [0.717, 1.165) is 5.52 Å². The first kappa shape index (κ1) is 14.3. The summed E-state index contributed by atoms with van der Waals surface area (Å²) >= 11 is 19.3. The Morgan fingerprint density at radius 2 is 1.75 bits per heavy atom. The molecule has 0 saturated heterocycles. The van der Waals surface area contributed by atoms with Gasteiger partial charge in [-0.15, -0.1) is 0 Å². The van der Waals surface area contributed by atoms with Gasteiger partial charge in [0.1, 0.15) is 5.82 Å². The second kappa shape index (κ2) is 5.29. The van der Waals surface area contributed by atoms with E-state index in [1.807, 2.05) is 22.6 Å². The van der Waals surface area contributed by atoms with Crippen LogP contribution in [0.1, 0.15) is 0 Å². The fourth-order valence-corrected chi connectivity index (χ4v) is 3.32. The number of hydrogen-bond acceptors (Lipinski definition) is 1. The third-order valence-corrected chi connectivity index (χ3v) is 4.38. The van der Waals surface area contributed by atoms with E-state index in [4.69, 9.17) is 35.4 Å². The van der Waals surface area contributed by atoms with Crippen LogP contribution < -0.4 is 0 Å². The highest BCUT2D eigenvalue weighted by Gasteiger charge is 2.11. The zero-order valence-corrected chi connectivity index (χ0v) is 14.2. The van der Waals surface area contributed by atoms with Gasteiger partial charge in [-0.2, -0.15) is 0 Å². The number of H-pyrrole nitrogens is 1. The zero-order chi connectivity index (χ0) is 14.4. The molecule has 0 aliphatic carbocycles. The van der Waals surface area contributed by atoms with E-state index in [9.17, 15) is 4.39 Å². The number of halogens is 4. The number of imidazole rings is 1. The van der Waals surface area contributed by atoms with Crippen molar-refractivity contribution < 1.29 is 4.39 Å². The lowest BCUT2D eigenvalue weighted by Crippen LogP contribution is -1.95. The van der Waals surface area contributed by atoms with Crippen molar-refractivity contribution in [3.63, 3.8) is 0 Å². The quantitative estimate of drug-likeness (QED) is 0.379. The van der Waals surface area contributed by atoms with Gasteiger partial charge in [0.25, 0.3) is 0 Å². The molecule has 0 spiro atoms. The lowest BCUT2D eigenvalue weighted by atomic mass is 10.2. The molecular weight excluding hydrogens is 433 g/mol. The van der Waals surface area contributed by atoms with E-state index in [2.05, 4.69) is 4.98 Å². The Hall–Kier alpha value is -0.630. The fraction of sp³-hybridized carbons (Fsp3) is 0. The van der Waals surface area contributed by atoms with Crippen LogP contribution in [0, 0.1) is 14.2 Å². The van der Waals surface area contributed by atoms with Crippen molar-refractivity contribution in [3.8, 4) is 5.69 Å². The second-order valence-electron chi connectivity index (χ2n) is 4.18. The Bertz CT molecular complexity index is 868. The van der Waals surface area contributed by atoms with Crippen LogP contribution in [0.3, 0.4) is 0 Å². The van der Waals surface area contributed by atoms with Crippen molar-refractivity contribution in [2.75, 3.05) is 0 Å². The normalized spacial score (nSPS) is 11.2. The van der Waals surface area contributed by atoms with Gasteiger partial charge in [-0.3, -0.25) is 4.57 Å². The number of nitrogens with zero attached hydrogens (tertiary/aromatic N) is 1. The van der Waals surface area contributed by atoms with E-state index in [1.165, 1.54) is 6.07 Å². The predicted octanol–water partition coefficient (Wildman–Crippen LogP) is 5.74. The predicted molar refractivity (Wildman–Crippen MR) is 91.2 cm³/mol. The highest BCUT2D eigenvalue weighted by molar-refractivity contribution is 14.1. The summed E-state index contributed by atoms with van der Waals surface area (Å²) in [5.74, 6) is -0.297. The molecular formula is C13H6Cl2FIN2S. The van der Waals surface area contributed by atoms with Crippen LogP contribution in [0.4, 0.5) is 4.39 Å². The Labute approximate surface area is 142 Å². The van der Waals surface area contributed by atoms with Crippen LogP contribution in [0.5, 0.6) is 0 Å². The molecule has 3 aromatic rings. The molecule has 2 nitrogen and oxygen atoms in total. The molecule has 102 valence electrons. The monoisotopic (exact) mass is 438 g/mol. The van der Waals surface area contributed by atoms with Crippen LogP contribution in [0.2, 0.25) is 10.0 Å². The molecule has 0 bridgehead atoms. The number of aromatic nitrogens is 2. The van der Waals surface area contributed by atoms with Crippen LogP contribution in [-0.2, 0) is 0 Å². The van der Waals surface area contributed by atoms with Crippen LogP contribution in [0.25, 0.3) is 16.7 Å². The van der Waals surface area contributed by atoms with Crippen LogP contribution in [0.15, 0.2) is 30.3 Å². The number of hydrogen-bond donors (Lipinski definition) is 1. The Balaban J connectivity index is 2.38. The summed E-state index contributed by atoms with van der Waals surface area (Å²) in [5, 5.41) is 0.990. The highest BCUT2D eigenvalue weighted by atomic mass is 127. The number of fused-ring (bicyclic) bond motifs is 1. The van der Waals surface area contributed by atoms with Crippen molar-refractivity contribution in [2.45, 2.75) is 0 Å². The molecule has 2 aromatic carbocycles. The minimum atomic E-state index is -0.297. The van der Waals surface area contributed by atoms with E-state index < -0.39 is 0 Å². The largest absolute Gasteiger partial charge is 0.330 e. The minimum absolute atomic E-state index is 0.297. The maximum absolute atomic E-state index is 13.8. The molecule has 1 heterocycles. The molecule has 0 fully saturated rings. The molecule has 0 radical (unpaired) electrons. The van der Waals surface area contributed by atoms with Gasteiger partial charge in [-0.05, 0) is 59.1 Å². The number of rotatable bonds is 1. The van der Waals surface area contributed by atoms with Gasteiger partial charge in [0.05, 0.1) is 20.3 Å². The van der Waals surface area contributed by atoms with Crippen molar-refractivity contribution in [1.82, 2.24) is 9.55 Å². The maximum atomic E-state index is 13.8. The molecule has 0 aliphatic rings. The van der Waals surface area contributed by atoms with Crippen molar-refractivity contribution in [3.05, 3.63) is 54.5 Å². The first-order valence-corrected chi connectivity index (χ1v) is 7.76. The first-order valence-electron chi connectivity index (χ1n) is 5.52. The van der Waals surface area contributed by atoms with Crippen LogP contribution in [-0.4, -0.2) is 9.55 Å². The Kier molecular flexibility index (Phi) is 3.79. The summed E-state index contributed by atoms with van der Waals surface area (Å²) in [6.07, 6.45) is 0. The SMILES string of the molecule is Fc1cc2c(cc1I)[nH]c(=S)n2-c1cc(Cl)cc(Cl)c1. The number of nitrogens with one attached hydrogen (secondary N) is 1. The molecule has 3 rings (SSSR count). The van der Waals surface area contributed by atoms with E-state index in [1.54, 1.807) is 28.8 Å². The standard InChI is InChI=1S/C13H6Cl2FIN2S/c14-6-1-7(15)3-8(2-6)19-12-4-9(16)10(17)5-11(12)18-13(19)20/h1-5H,(H,18,20).